The van der Waals surface area contributed by atoms with Gasteiger partial charge in [0, 0.05) is 21.5 Å². The number of halogens is 2. The van der Waals surface area contributed by atoms with Crippen LogP contribution in [0.5, 0.6) is 5.75 Å². The van der Waals surface area contributed by atoms with Crippen molar-refractivity contribution in [2.24, 2.45) is 0 Å². The van der Waals surface area contributed by atoms with Crippen molar-refractivity contribution in [2.45, 2.75) is 6.42 Å². The molecule has 0 aliphatic rings. The lowest BCUT2D eigenvalue weighted by atomic mass is 10.0. The minimum absolute atomic E-state index is 0.0469. The highest BCUT2D eigenvalue weighted by atomic mass is 79.9. The average Bonchev–Trinajstić information content (AvgIpc) is 2.42. The molecule has 0 saturated heterocycles. The van der Waals surface area contributed by atoms with Gasteiger partial charge in [0.1, 0.15) is 5.75 Å². The predicted octanol–water partition coefficient (Wildman–Crippen LogP) is 4.54. The molecule has 2 aromatic carbocycles. The minimum Gasteiger partial charge on any atom is -0.497 e. The molecule has 4 heteroatoms. The second-order valence-electron chi connectivity index (χ2n) is 4.06. The van der Waals surface area contributed by atoms with Gasteiger partial charge in [-0.3, -0.25) is 4.79 Å². The van der Waals surface area contributed by atoms with Gasteiger partial charge in [0.15, 0.2) is 5.78 Å². The van der Waals surface area contributed by atoms with Crippen LogP contribution in [0.2, 0.25) is 5.02 Å². The third kappa shape index (κ3) is 3.58. The molecule has 0 amide bonds. The normalized spacial score (nSPS) is 10.3. The lowest BCUT2D eigenvalue weighted by Crippen LogP contribution is -2.04. The first-order valence-electron chi connectivity index (χ1n) is 5.71. The van der Waals surface area contributed by atoms with Crippen molar-refractivity contribution in [3.05, 3.63) is 63.1 Å². The van der Waals surface area contributed by atoms with Gasteiger partial charge < -0.3 is 4.74 Å². The van der Waals surface area contributed by atoms with E-state index in [0.29, 0.717) is 17.0 Å². The van der Waals surface area contributed by atoms with Crippen LogP contribution in [-0.4, -0.2) is 12.9 Å². The van der Waals surface area contributed by atoms with Gasteiger partial charge in [-0.1, -0.05) is 27.5 Å². The Morgan fingerprint density at radius 2 is 1.89 bits per heavy atom. The van der Waals surface area contributed by atoms with Crippen molar-refractivity contribution >= 4 is 33.3 Å². The molecular weight excluding hydrogens is 328 g/mol. The van der Waals surface area contributed by atoms with Gasteiger partial charge in [0.05, 0.1) is 7.11 Å². The Balaban J connectivity index is 2.21. The van der Waals surface area contributed by atoms with Crippen molar-refractivity contribution in [2.75, 3.05) is 7.11 Å². The standard InChI is InChI=1S/C15H12BrClO2/c1-19-13-6-7-14(16)11(8-13)9-15(18)10-2-4-12(17)5-3-10/h2-8H,9H2,1H3. The smallest absolute Gasteiger partial charge is 0.167 e. The summed E-state index contributed by atoms with van der Waals surface area (Å²) in [5.74, 6) is 0.785. The van der Waals surface area contributed by atoms with Gasteiger partial charge in [0.25, 0.3) is 0 Å². The Kier molecular flexibility index (Phi) is 4.61. The van der Waals surface area contributed by atoms with Crippen LogP contribution in [0.15, 0.2) is 46.9 Å². The molecule has 0 aromatic heterocycles. The molecule has 0 bridgehead atoms. The summed E-state index contributed by atoms with van der Waals surface area (Å²) in [6.45, 7) is 0. The maximum atomic E-state index is 12.2. The third-order valence-electron chi connectivity index (χ3n) is 2.77. The number of benzene rings is 2. The molecule has 0 atom stereocenters. The van der Waals surface area contributed by atoms with Crippen molar-refractivity contribution in [1.29, 1.82) is 0 Å². The topological polar surface area (TPSA) is 26.3 Å². The van der Waals surface area contributed by atoms with Crippen molar-refractivity contribution < 1.29 is 9.53 Å². The summed E-state index contributed by atoms with van der Waals surface area (Å²) in [5, 5.41) is 0.624. The molecule has 0 N–H and O–H groups in total. The maximum absolute atomic E-state index is 12.2. The van der Waals surface area contributed by atoms with E-state index in [0.717, 1.165) is 15.8 Å². The molecule has 98 valence electrons. The Morgan fingerprint density at radius 1 is 1.21 bits per heavy atom. The third-order valence-corrected chi connectivity index (χ3v) is 3.80. The Bertz CT molecular complexity index is 594. The van der Waals surface area contributed by atoms with Crippen LogP contribution in [0.25, 0.3) is 0 Å². The molecule has 0 saturated carbocycles. The summed E-state index contributed by atoms with van der Waals surface area (Å²) >= 11 is 9.25. The van der Waals surface area contributed by atoms with Crippen LogP contribution in [-0.2, 0) is 6.42 Å². The predicted molar refractivity (Wildman–Crippen MR) is 80.2 cm³/mol. The molecule has 0 spiro atoms. The average molecular weight is 340 g/mol. The van der Waals surface area contributed by atoms with Crippen molar-refractivity contribution in [3.8, 4) is 5.75 Å². The highest BCUT2D eigenvalue weighted by Gasteiger charge is 2.10. The van der Waals surface area contributed by atoms with E-state index in [4.69, 9.17) is 16.3 Å². The number of rotatable bonds is 4. The maximum Gasteiger partial charge on any atom is 0.167 e. The molecule has 19 heavy (non-hydrogen) atoms. The highest BCUT2D eigenvalue weighted by molar-refractivity contribution is 9.10. The van der Waals surface area contributed by atoms with Gasteiger partial charge in [-0.25, -0.2) is 0 Å². The quantitative estimate of drug-likeness (QED) is 0.765. The fourth-order valence-corrected chi connectivity index (χ4v) is 2.24. The van der Waals surface area contributed by atoms with Gasteiger partial charge in [-0.05, 0) is 48.0 Å². The monoisotopic (exact) mass is 338 g/mol. The number of carbonyl (C=O) groups excluding carboxylic acids is 1. The van der Waals surface area contributed by atoms with E-state index in [-0.39, 0.29) is 5.78 Å². The van der Waals surface area contributed by atoms with Crippen LogP contribution >= 0.6 is 27.5 Å². The first-order chi connectivity index (χ1) is 9.10. The van der Waals surface area contributed by atoms with Gasteiger partial charge in [-0.2, -0.15) is 0 Å². The molecule has 2 aromatic rings. The number of hydrogen-bond donors (Lipinski definition) is 0. The van der Waals surface area contributed by atoms with E-state index in [2.05, 4.69) is 15.9 Å². The lowest BCUT2D eigenvalue weighted by molar-refractivity contribution is 0.0993. The Morgan fingerprint density at radius 3 is 2.53 bits per heavy atom. The lowest BCUT2D eigenvalue weighted by Gasteiger charge is -2.07. The van der Waals surface area contributed by atoms with Crippen LogP contribution in [0.3, 0.4) is 0 Å². The van der Waals surface area contributed by atoms with Crippen molar-refractivity contribution in [3.63, 3.8) is 0 Å². The molecule has 0 aliphatic carbocycles. The zero-order valence-corrected chi connectivity index (χ0v) is 12.7. The molecule has 0 unspecified atom stereocenters. The van der Waals surface area contributed by atoms with Crippen LogP contribution in [0, 0.1) is 0 Å². The molecular formula is C15H12BrClO2. The summed E-state index contributed by atoms with van der Waals surface area (Å²) in [4.78, 5) is 12.2. The number of ketones is 1. The minimum atomic E-state index is 0.0469. The van der Waals surface area contributed by atoms with Crippen LogP contribution < -0.4 is 4.74 Å². The molecule has 0 heterocycles. The number of methoxy groups -OCH3 is 1. The molecule has 0 radical (unpaired) electrons. The fourth-order valence-electron chi connectivity index (χ4n) is 1.72. The van der Waals surface area contributed by atoms with E-state index in [1.165, 1.54) is 0 Å². The highest BCUT2D eigenvalue weighted by Crippen LogP contribution is 2.24. The Hall–Kier alpha value is -1.32. The second kappa shape index (κ2) is 6.22. The number of ether oxygens (including phenoxy) is 1. The Labute approximate surface area is 125 Å². The van der Waals surface area contributed by atoms with Crippen molar-refractivity contribution in [1.82, 2.24) is 0 Å². The molecule has 2 nitrogen and oxygen atoms in total. The van der Waals surface area contributed by atoms with Crippen LogP contribution in [0.4, 0.5) is 0 Å². The van der Waals surface area contributed by atoms with Gasteiger partial charge >= 0.3 is 0 Å². The number of hydrogen-bond acceptors (Lipinski definition) is 2. The molecule has 0 aliphatic heterocycles. The first kappa shape index (κ1) is 14.1. The molecule has 0 fully saturated rings. The van der Waals surface area contributed by atoms with E-state index in [1.54, 1.807) is 31.4 Å². The number of Topliss-reactive ketones (excluding diaryl/α,β-unsaturated/α-hetero) is 1. The largest absolute Gasteiger partial charge is 0.497 e. The van der Waals surface area contributed by atoms with Crippen LogP contribution in [0.1, 0.15) is 15.9 Å². The summed E-state index contributed by atoms with van der Waals surface area (Å²) < 4.78 is 6.06. The van der Waals surface area contributed by atoms with E-state index in [1.807, 2.05) is 18.2 Å². The fraction of sp³-hybridized carbons (Fsp3) is 0.133. The summed E-state index contributed by atoms with van der Waals surface area (Å²) in [6, 6.07) is 12.5. The zero-order valence-electron chi connectivity index (χ0n) is 10.3. The van der Waals surface area contributed by atoms with E-state index < -0.39 is 0 Å². The summed E-state index contributed by atoms with van der Waals surface area (Å²) in [6.07, 6.45) is 0.319. The van der Waals surface area contributed by atoms with E-state index in [9.17, 15) is 4.79 Å². The summed E-state index contributed by atoms with van der Waals surface area (Å²) in [5.41, 5.74) is 1.55. The SMILES string of the molecule is COc1ccc(Br)c(CC(=O)c2ccc(Cl)cc2)c1. The summed E-state index contributed by atoms with van der Waals surface area (Å²) in [7, 11) is 1.61. The van der Waals surface area contributed by atoms with Gasteiger partial charge in [-0.15, -0.1) is 0 Å². The number of carbonyl (C=O) groups is 1. The molecule has 2 rings (SSSR count). The van der Waals surface area contributed by atoms with E-state index >= 15 is 0 Å². The zero-order chi connectivity index (χ0) is 13.8. The second-order valence-corrected chi connectivity index (χ2v) is 5.35. The van der Waals surface area contributed by atoms with Gasteiger partial charge in [0.2, 0.25) is 0 Å². The first-order valence-corrected chi connectivity index (χ1v) is 6.88.